The molecule has 0 spiro atoms. The summed E-state index contributed by atoms with van der Waals surface area (Å²) in [6.45, 7) is 4.00. The highest BCUT2D eigenvalue weighted by molar-refractivity contribution is 6.30. The molecule has 0 unspecified atom stereocenters. The first-order valence-corrected chi connectivity index (χ1v) is 7.97. The second kappa shape index (κ2) is 6.49. The van der Waals surface area contributed by atoms with E-state index in [0.717, 1.165) is 16.6 Å². The molecule has 24 heavy (non-hydrogen) atoms. The summed E-state index contributed by atoms with van der Waals surface area (Å²) < 4.78 is 1.79. The molecule has 1 N–H and O–H groups in total. The van der Waals surface area contributed by atoms with Gasteiger partial charge in [-0.3, -0.25) is 9.59 Å². The maximum absolute atomic E-state index is 12.3. The summed E-state index contributed by atoms with van der Waals surface area (Å²) >= 11 is 5.93. The van der Waals surface area contributed by atoms with Gasteiger partial charge in [0.05, 0.1) is 5.52 Å². The number of hydrogen-bond acceptors (Lipinski definition) is 2. The highest BCUT2D eigenvalue weighted by atomic mass is 35.5. The largest absolute Gasteiger partial charge is 0.338 e. The normalized spacial score (nSPS) is 10.8. The smallest absolute Gasteiger partial charge is 0.244 e. The van der Waals surface area contributed by atoms with Crippen LogP contribution < -0.4 is 10.7 Å². The van der Waals surface area contributed by atoms with Gasteiger partial charge in [-0.1, -0.05) is 23.7 Å². The van der Waals surface area contributed by atoms with Gasteiger partial charge in [-0.2, -0.15) is 0 Å². The first-order valence-electron chi connectivity index (χ1n) is 7.60. The van der Waals surface area contributed by atoms with Gasteiger partial charge in [-0.15, -0.1) is 0 Å². The van der Waals surface area contributed by atoms with Crippen LogP contribution in [-0.4, -0.2) is 10.5 Å². The number of carbonyl (C=O) groups excluding carboxylic acids is 1. The Morgan fingerprint density at radius 2 is 1.96 bits per heavy atom. The van der Waals surface area contributed by atoms with Gasteiger partial charge in [-0.25, -0.2) is 0 Å². The average Bonchev–Trinajstić information content (AvgIpc) is 2.49. The molecule has 4 nitrogen and oxygen atoms in total. The van der Waals surface area contributed by atoms with Crippen LogP contribution in [0, 0.1) is 13.8 Å². The lowest BCUT2D eigenvalue weighted by atomic mass is 10.1. The fraction of sp³-hybridized carbons (Fsp3) is 0.158. The van der Waals surface area contributed by atoms with E-state index in [-0.39, 0.29) is 17.9 Å². The SMILES string of the molecule is Cc1cc(C)c2c(=O)ccn(CC(=O)Nc3cccc(Cl)c3)c2c1. The number of amides is 1. The Morgan fingerprint density at radius 1 is 1.17 bits per heavy atom. The van der Waals surface area contributed by atoms with Crippen LogP contribution in [0.4, 0.5) is 5.69 Å². The first-order chi connectivity index (χ1) is 11.4. The standard InChI is InChI=1S/C19H17ClN2O2/c1-12-8-13(2)19-16(9-12)22(7-6-17(19)23)11-18(24)21-15-5-3-4-14(20)10-15/h3-10H,11H2,1-2H3,(H,21,24). The Bertz CT molecular complexity index is 992. The number of benzene rings is 2. The second-order valence-electron chi connectivity index (χ2n) is 5.84. The number of aryl methyl sites for hydroxylation is 2. The van der Waals surface area contributed by atoms with E-state index in [1.54, 1.807) is 35.0 Å². The third-order valence-electron chi connectivity index (χ3n) is 3.84. The number of halogens is 1. The van der Waals surface area contributed by atoms with Crippen molar-refractivity contribution < 1.29 is 4.79 Å². The number of aromatic nitrogens is 1. The van der Waals surface area contributed by atoms with Crippen LogP contribution in [0.3, 0.4) is 0 Å². The zero-order chi connectivity index (χ0) is 17.3. The number of fused-ring (bicyclic) bond motifs is 1. The molecule has 0 atom stereocenters. The van der Waals surface area contributed by atoms with Crippen molar-refractivity contribution in [2.24, 2.45) is 0 Å². The third kappa shape index (κ3) is 3.34. The molecule has 0 fully saturated rings. The number of anilines is 1. The van der Waals surface area contributed by atoms with E-state index >= 15 is 0 Å². The van der Waals surface area contributed by atoms with Crippen molar-refractivity contribution >= 4 is 34.1 Å². The van der Waals surface area contributed by atoms with Gasteiger partial charge in [0, 0.05) is 28.4 Å². The topological polar surface area (TPSA) is 51.1 Å². The van der Waals surface area contributed by atoms with Gasteiger partial charge in [0.2, 0.25) is 5.91 Å². The molecule has 3 aromatic rings. The summed E-state index contributed by atoms with van der Waals surface area (Å²) in [5.74, 6) is -0.179. The van der Waals surface area contributed by atoms with Gasteiger partial charge in [0.1, 0.15) is 6.54 Å². The van der Waals surface area contributed by atoms with Crippen LogP contribution in [0.1, 0.15) is 11.1 Å². The second-order valence-corrected chi connectivity index (χ2v) is 6.28. The lowest BCUT2D eigenvalue weighted by Crippen LogP contribution is -2.20. The molecule has 0 aliphatic carbocycles. The number of rotatable bonds is 3. The van der Waals surface area contributed by atoms with Crippen LogP contribution >= 0.6 is 11.6 Å². The fourth-order valence-corrected chi connectivity index (χ4v) is 3.06. The average molecular weight is 341 g/mol. The number of hydrogen-bond donors (Lipinski definition) is 1. The van der Waals surface area contributed by atoms with E-state index in [2.05, 4.69) is 5.32 Å². The summed E-state index contributed by atoms with van der Waals surface area (Å²) in [5, 5.41) is 4.03. The Hall–Kier alpha value is -2.59. The fourth-order valence-electron chi connectivity index (χ4n) is 2.87. The molecule has 1 heterocycles. The lowest BCUT2D eigenvalue weighted by Gasteiger charge is -2.13. The van der Waals surface area contributed by atoms with E-state index in [4.69, 9.17) is 11.6 Å². The molecule has 0 aliphatic heterocycles. The van der Waals surface area contributed by atoms with Crippen molar-refractivity contribution in [3.05, 3.63) is 75.0 Å². The molecular weight excluding hydrogens is 324 g/mol. The van der Waals surface area contributed by atoms with E-state index in [1.165, 1.54) is 6.07 Å². The molecule has 2 aromatic carbocycles. The van der Waals surface area contributed by atoms with Gasteiger partial charge in [0.15, 0.2) is 5.43 Å². The first kappa shape index (κ1) is 16.3. The van der Waals surface area contributed by atoms with Crippen molar-refractivity contribution in [1.29, 1.82) is 0 Å². The molecule has 122 valence electrons. The van der Waals surface area contributed by atoms with Crippen molar-refractivity contribution in [2.45, 2.75) is 20.4 Å². The van der Waals surface area contributed by atoms with Crippen molar-refractivity contribution in [2.75, 3.05) is 5.32 Å². The van der Waals surface area contributed by atoms with Crippen LogP contribution in [0.25, 0.3) is 10.9 Å². The minimum atomic E-state index is -0.179. The van der Waals surface area contributed by atoms with Crippen molar-refractivity contribution in [3.63, 3.8) is 0 Å². The van der Waals surface area contributed by atoms with E-state index in [9.17, 15) is 9.59 Å². The quantitative estimate of drug-likeness (QED) is 0.786. The van der Waals surface area contributed by atoms with Crippen molar-refractivity contribution in [3.8, 4) is 0 Å². The maximum atomic E-state index is 12.3. The monoisotopic (exact) mass is 340 g/mol. The zero-order valence-electron chi connectivity index (χ0n) is 13.5. The molecule has 0 aliphatic rings. The van der Waals surface area contributed by atoms with Gasteiger partial charge in [0.25, 0.3) is 0 Å². The Morgan fingerprint density at radius 3 is 2.71 bits per heavy atom. The Kier molecular flexibility index (Phi) is 4.40. The Labute approximate surface area is 144 Å². The van der Waals surface area contributed by atoms with Gasteiger partial charge >= 0.3 is 0 Å². The summed E-state index contributed by atoms with van der Waals surface area (Å²) in [6.07, 6.45) is 1.65. The number of nitrogens with one attached hydrogen (secondary N) is 1. The predicted molar refractivity (Wildman–Crippen MR) is 97.8 cm³/mol. The van der Waals surface area contributed by atoms with Gasteiger partial charge in [-0.05, 0) is 49.2 Å². The van der Waals surface area contributed by atoms with E-state index < -0.39 is 0 Å². The van der Waals surface area contributed by atoms with Gasteiger partial charge < -0.3 is 9.88 Å². The van der Waals surface area contributed by atoms with E-state index in [1.807, 2.05) is 26.0 Å². The summed E-state index contributed by atoms with van der Waals surface area (Å²) in [7, 11) is 0. The third-order valence-corrected chi connectivity index (χ3v) is 4.08. The van der Waals surface area contributed by atoms with Crippen LogP contribution in [-0.2, 0) is 11.3 Å². The molecular formula is C19H17ClN2O2. The number of nitrogens with zero attached hydrogens (tertiary/aromatic N) is 1. The molecule has 5 heteroatoms. The number of pyridine rings is 1. The van der Waals surface area contributed by atoms with Crippen LogP contribution in [0.5, 0.6) is 0 Å². The zero-order valence-corrected chi connectivity index (χ0v) is 14.2. The predicted octanol–water partition coefficient (Wildman–Crippen LogP) is 3.91. The minimum absolute atomic E-state index is 0.0333. The van der Waals surface area contributed by atoms with E-state index in [0.29, 0.717) is 16.1 Å². The van der Waals surface area contributed by atoms with Crippen molar-refractivity contribution in [1.82, 2.24) is 4.57 Å². The maximum Gasteiger partial charge on any atom is 0.244 e. The molecule has 0 saturated heterocycles. The van der Waals surface area contributed by atoms with Crippen LogP contribution in [0.2, 0.25) is 5.02 Å². The minimum Gasteiger partial charge on any atom is -0.338 e. The summed E-state index contributed by atoms with van der Waals surface area (Å²) in [6, 6.07) is 12.4. The summed E-state index contributed by atoms with van der Waals surface area (Å²) in [5.41, 5.74) is 3.34. The molecule has 0 saturated carbocycles. The highest BCUT2D eigenvalue weighted by Gasteiger charge is 2.10. The highest BCUT2D eigenvalue weighted by Crippen LogP contribution is 2.18. The summed E-state index contributed by atoms with van der Waals surface area (Å²) in [4.78, 5) is 24.5. The molecule has 1 aromatic heterocycles. The molecule has 0 bridgehead atoms. The molecule has 1 amide bonds. The lowest BCUT2D eigenvalue weighted by molar-refractivity contribution is -0.116. The molecule has 0 radical (unpaired) electrons. The number of carbonyl (C=O) groups is 1. The van der Waals surface area contributed by atoms with Crippen LogP contribution in [0.15, 0.2) is 53.5 Å². The molecule has 3 rings (SSSR count). The Balaban J connectivity index is 1.94.